The van der Waals surface area contributed by atoms with Crippen molar-refractivity contribution in [1.29, 1.82) is 0 Å². The topological polar surface area (TPSA) is 25.8 Å². The molecule has 15 heavy (non-hydrogen) atoms. The van der Waals surface area contributed by atoms with Crippen molar-refractivity contribution in [2.75, 3.05) is 0 Å². The normalized spacial score (nSPS) is 21.5. The van der Waals surface area contributed by atoms with Gasteiger partial charge in [-0.15, -0.1) is 0 Å². The minimum Gasteiger partial charge on any atom is -0.241 e. The maximum atomic E-state index is 4.28. The van der Waals surface area contributed by atoms with Crippen LogP contribution in [0.4, 0.5) is 0 Å². The minimum absolute atomic E-state index is 0.544. The minimum atomic E-state index is 0.544. The van der Waals surface area contributed by atoms with E-state index in [1.54, 1.807) is 0 Å². The van der Waals surface area contributed by atoms with E-state index in [-0.39, 0.29) is 0 Å². The van der Waals surface area contributed by atoms with Crippen molar-refractivity contribution in [3.05, 3.63) is 23.8 Å². The van der Waals surface area contributed by atoms with Crippen LogP contribution in [0, 0.1) is 12.3 Å². The van der Waals surface area contributed by atoms with Crippen molar-refractivity contribution in [3.8, 4) is 0 Å². The standard InChI is InChI=1S/C13H20N2/c1-10-14-8-12(9-15-10)11-4-6-13(2,3)7-5-11/h8-9,11H,4-7H2,1-3H3. The quantitative estimate of drug-likeness (QED) is 0.700. The molecule has 1 fully saturated rings. The molecule has 0 aliphatic heterocycles. The summed E-state index contributed by atoms with van der Waals surface area (Å²) in [6, 6.07) is 0. The molecule has 1 aromatic heterocycles. The van der Waals surface area contributed by atoms with Crippen molar-refractivity contribution in [1.82, 2.24) is 9.97 Å². The van der Waals surface area contributed by atoms with Gasteiger partial charge in [-0.2, -0.15) is 0 Å². The summed E-state index contributed by atoms with van der Waals surface area (Å²) in [4.78, 5) is 8.56. The average molecular weight is 204 g/mol. The zero-order valence-electron chi connectivity index (χ0n) is 9.95. The first-order valence-corrected chi connectivity index (χ1v) is 5.85. The SMILES string of the molecule is Cc1ncc(C2CCC(C)(C)CC2)cn1. The number of hydrogen-bond acceptors (Lipinski definition) is 2. The molecule has 0 aromatic carbocycles. The van der Waals surface area contributed by atoms with Crippen LogP contribution >= 0.6 is 0 Å². The number of nitrogens with zero attached hydrogens (tertiary/aromatic N) is 2. The summed E-state index contributed by atoms with van der Waals surface area (Å²) in [6.07, 6.45) is 9.24. The second-order valence-corrected chi connectivity index (χ2v) is 5.50. The molecule has 2 nitrogen and oxygen atoms in total. The molecule has 1 aliphatic carbocycles. The summed E-state index contributed by atoms with van der Waals surface area (Å²) in [5.74, 6) is 1.56. The molecule has 0 atom stereocenters. The van der Waals surface area contributed by atoms with Gasteiger partial charge < -0.3 is 0 Å². The highest BCUT2D eigenvalue weighted by Crippen LogP contribution is 2.41. The van der Waals surface area contributed by atoms with Crippen LogP contribution in [0.1, 0.15) is 56.8 Å². The zero-order chi connectivity index (χ0) is 10.9. The molecule has 1 aromatic rings. The Morgan fingerprint density at radius 3 is 2.20 bits per heavy atom. The lowest BCUT2D eigenvalue weighted by Crippen LogP contribution is -2.20. The van der Waals surface area contributed by atoms with Gasteiger partial charge >= 0.3 is 0 Å². The lowest BCUT2D eigenvalue weighted by molar-refractivity contribution is 0.224. The van der Waals surface area contributed by atoms with Crippen molar-refractivity contribution >= 4 is 0 Å². The molecule has 0 saturated heterocycles. The highest BCUT2D eigenvalue weighted by Gasteiger charge is 2.27. The van der Waals surface area contributed by atoms with Crippen molar-refractivity contribution in [2.45, 2.75) is 52.4 Å². The molecule has 0 amide bonds. The maximum absolute atomic E-state index is 4.28. The highest BCUT2D eigenvalue weighted by atomic mass is 14.8. The van der Waals surface area contributed by atoms with Gasteiger partial charge in [0, 0.05) is 12.4 Å². The van der Waals surface area contributed by atoms with Gasteiger partial charge in [0.05, 0.1) is 0 Å². The lowest BCUT2D eigenvalue weighted by atomic mass is 9.72. The predicted molar refractivity (Wildman–Crippen MR) is 61.8 cm³/mol. The Labute approximate surface area is 92.1 Å². The largest absolute Gasteiger partial charge is 0.241 e. The highest BCUT2D eigenvalue weighted by molar-refractivity contribution is 5.12. The molecule has 2 heteroatoms. The Bertz CT molecular complexity index is 317. The second kappa shape index (κ2) is 3.92. The van der Waals surface area contributed by atoms with Crippen LogP contribution in [0.3, 0.4) is 0 Å². The fourth-order valence-electron chi connectivity index (χ4n) is 2.35. The van der Waals surface area contributed by atoms with Crippen molar-refractivity contribution < 1.29 is 0 Å². The summed E-state index contributed by atoms with van der Waals surface area (Å²) in [7, 11) is 0. The van der Waals surface area contributed by atoms with E-state index in [9.17, 15) is 0 Å². The monoisotopic (exact) mass is 204 g/mol. The third-order valence-corrected chi connectivity index (χ3v) is 3.61. The molecule has 0 radical (unpaired) electrons. The Morgan fingerprint density at radius 2 is 1.67 bits per heavy atom. The zero-order valence-corrected chi connectivity index (χ0v) is 9.95. The fraction of sp³-hybridized carbons (Fsp3) is 0.692. The van der Waals surface area contributed by atoms with Crippen LogP contribution in [0.15, 0.2) is 12.4 Å². The molecule has 0 N–H and O–H groups in total. The third kappa shape index (κ3) is 2.55. The van der Waals surface area contributed by atoms with E-state index in [2.05, 4.69) is 23.8 Å². The molecular weight excluding hydrogens is 184 g/mol. The molecule has 0 spiro atoms. The maximum Gasteiger partial charge on any atom is 0.125 e. The third-order valence-electron chi connectivity index (χ3n) is 3.61. The second-order valence-electron chi connectivity index (χ2n) is 5.50. The summed E-state index contributed by atoms with van der Waals surface area (Å²) in [5, 5.41) is 0. The fourth-order valence-corrected chi connectivity index (χ4v) is 2.35. The summed E-state index contributed by atoms with van der Waals surface area (Å²) in [6.45, 7) is 6.68. The first kappa shape index (κ1) is 10.6. The van der Waals surface area contributed by atoms with E-state index in [1.165, 1.54) is 31.2 Å². The first-order chi connectivity index (χ1) is 7.07. The summed E-state index contributed by atoms with van der Waals surface area (Å²) in [5.41, 5.74) is 1.87. The van der Waals surface area contributed by atoms with Crippen molar-refractivity contribution in [3.63, 3.8) is 0 Å². The number of aromatic nitrogens is 2. The van der Waals surface area contributed by atoms with Gasteiger partial charge in [0.1, 0.15) is 5.82 Å². The Hall–Kier alpha value is -0.920. The van der Waals surface area contributed by atoms with E-state index >= 15 is 0 Å². The predicted octanol–water partition coefficient (Wildman–Crippen LogP) is 3.47. The van der Waals surface area contributed by atoms with E-state index in [0.29, 0.717) is 11.3 Å². The van der Waals surface area contributed by atoms with Crippen LogP contribution in [0.5, 0.6) is 0 Å². The van der Waals surface area contributed by atoms with Crippen LogP contribution in [-0.2, 0) is 0 Å². The van der Waals surface area contributed by atoms with Crippen molar-refractivity contribution in [2.24, 2.45) is 5.41 Å². The Balaban J connectivity index is 2.04. The van der Waals surface area contributed by atoms with E-state index in [4.69, 9.17) is 0 Å². The van der Waals surface area contributed by atoms with Gasteiger partial charge in [-0.3, -0.25) is 0 Å². The molecular formula is C13H20N2. The smallest absolute Gasteiger partial charge is 0.125 e. The first-order valence-electron chi connectivity index (χ1n) is 5.85. The average Bonchev–Trinajstić information content (AvgIpc) is 2.20. The van der Waals surface area contributed by atoms with Gasteiger partial charge in [-0.25, -0.2) is 9.97 Å². The number of rotatable bonds is 1. The van der Waals surface area contributed by atoms with E-state index in [1.807, 2.05) is 19.3 Å². The molecule has 1 saturated carbocycles. The van der Waals surface area contributed by atoms with E-state index < -0.39 is 0 Å². The van der Waals surface area contributed by atoms with Gasteiger partial charge in [-0.1, -0.05) is 13.8 Å². The molecule has 82 valence electrons. The summed E-state index contributed by atoms with van der Waals surface area (Å²) >= 11 is 0. The van der Waals surface area contributed by atoms with E-state index in [0.717, 1.165) is 5.82 Å². The lowest BCUT2D eigenvalue weighted by Gasteiger charge is -2.34. The van der Waals surface area contributed by atoms with Gasteiger partial charge in [0.2, 0.25) is 0 Å². The van der Waals surface area contributed by atoms with Crippen LogP contribution in [0.25, 0.3) is 0 Å². The van der Waals surface area contributed by atoms with Gasteiger partial charge in [0.15, 0.2) is 0 Å². The Kier molecular flexibility index (Phi) is 2.76. The van der Waals surface area contributed by atoms with Crippen LogP contribution in [0.2, 0.25) is 0 Å². The molecule has 1 aliphatic rings. The van der Waals surface area contributed by atoms with Gasteiger partial charge in [0.25, 0.3) is 0 Å². The van der Waals surface area contributed by atoms with Crippen LogP contribution in [-0.4, -0.2) is 9.97 Å². The Morgan fingerprint density at radius 1 is 1.13 bits per heavy atom. The number of hydrogen-bond donors (Lipinski definition) is 0. The summed E-state index contributed by atoms with van der Waals surface area (Å²) < 4.78 is 0. The molecule has 1 heterocycles. The molecule has 2 rings (SSSR count). The molecule has 0 bridgehead atoms. The van der Waals surface area contributed by atoms with Gasteiger partial charge in [-0.05, 0) is 49.5 Å². The molecule has 0 unspecified atom stereocenters. The number of aryl methyl sites for hydroxylation is 1. The van der Waals surface area contributed by atoms with Crippen LogP contribution < -0.4 is 0 Å².